The number of hydrogen-bond donors (Lipinski definition) is 1. The van der Waals surface area contributed by atoms with Gasteiger partial charge in [0.1, 0.15) is 0 Å². The maximum Gasteiger partial charge on any atom is 0.0602 e. The number of aliphatic hydroxyl groups is 1. The standard InChI is InChI=1S/C14H18O/c15-14-4-1-5-6(2-4)13(14)12-7-3-8-10(9(5)7)11(8)12/h4-15H,1-3H2. The SMILES string of the molecule is OC1C2CC3C(C2)C2C4CC5C2C5C4C13. The van der Waals surface area contributed by atoms with Crippen LogP contribution in [0.4, 0.5) is 0 Å². The third-order valence-corrected chi connectivity index (χ3v) is 7.72. The molecule has 7 aliphatic rings. The van der Waals surface area contributed by atoms with Crippen molar-refractivity contribution in [1.29, 1.82) is 0 Å². The van der Waals surface area contributed by atoms with Crippen molar-refractivity contribution in [2.45, 2.75) is 25.4 Å². The molecule has 0 spiro atoms. The molecular weight excluding hydrogens is 184 g/mol. The molecule has 0 aromatic carbocycles. The van der Waals surface area contributed by atoms with Gasteiger partial charge in [0, 0.05) is 0 Å². The molecule has 1 nitrogen and oxygen atoms in total. The fourth-order valence-corrected chi connectivity index (χ4v) is 7.82. The van der Waals surface area contributed by atoms with E-state index in [1.54, 1.807) is 6.42 Å². The van der Waals surface area contributed by atoms with Crippen LogP contribution in [-0.2, 0) is 0 Å². The van der Waals surface area contributed by atoms with E-state index in [9.17, 15) is 5.11 Å². The first-order valence-electron chi connectivity index (χ1n) is 7.04. The Bertz CT molecular complexity index is 378. The average molecular weight is 202 g/mol. The van der Waals surface area contributed by atoms with Crippen LogP contribution in [-0.4, -0.2) is 11.2 Å². The largest absolute Gasteiger partial charge is 0.393 e. The topological polar surface area (TPSA) is 20.2 Å². The van der Waals surface area contributed by atoms with E-state index < -0.39 is 0 Å². The van der Waals surface area contributed by atoms with Crippen LogP contribution in [0.2, 0.25) is 0 Å². The molecule has 0 radical (unpaired) electrons. The predicted molar refractivity (Wildman–Crippen MR) is 54.8 cm³/mol. The van der Waals surface area contributed by atoms with Crippen LogP contribution in [0.5, 0.6) is 0 Å². The molecule has 0 saturated heterocycles. The number of aliphatic hydroxyl groups excluding tert-OH is 1. The first-order valence-corrected chi connectivity index (χ1v) is 7.04. The van der Waals surface area contributed by atoms with Gasteiger partial charge in [-0.05, 0) is 78.4 Å². The lowest BCUT2D eigenvalue weighted by Crippen LogP contribution is -2.45. The van der Waals surface area contributed by atoms with Crippen molar-refractivity contribution in [2.75, 3.05) is 0 Å². The van der Waals surface area contributed by atoms with Crippen molar-refractivity contribution in [2.24, 2.45) is 59.2 Å². The Kier molecular flexibility index (Phi) is 0.885. The van der Waals surface area contributed by atoms with E-state index in [-0.39, 0.29) is 6.10 Å². The molecule has 0 amide bonds. The van der Waals surface area contributed by atoms with Crippen molar-refractivity contribution in [3.05, 3.63) is 0 Å². The summed E-state index contributed by atoms with van der Waals surface area (Å²) in [4.78, 5) is 0. The monoisotopic (exact) mass is 202 g/mol. The molecule has 0 aromatic heterocycles. The normalized spacial score (nSPS) is 84.2. The Morgan fingerprint density at radius 3 is 1.93 bits per heavy atom. The van der Waals surface area contributed by atoms with Crippen LogP contribution < -0.4 is 0 Å². The summed E-state index contributed by atoms with van der Waals surface area (Å²) >= 11 is 0. The van der Waals surface area contributed by atoms with E-state index in [2.05, 4.69) is 0 Å². The van der Waals surface area contributed by atoms with Gasteiger partial charge in [-0.2, -0.15) is 0 Å². The maximum absolute atomic E-state index is 10.4. The molecule has 1 heteroatoms. The molecule has 7 saturated carbocycles. The van der Waals surface area contributed by atoms with E-state index >= 15 is 0 Å². The Morgan fingerprint density at radius 1 is 0.600 bits per heavy atom. The van der Waals surface area contributed by atoms with Crippen LogP contribution in [0.3, 0.4) is 0 Å². The van der Waals surface area contributed by atoms with Crippen LogP contribution in [0.15, 0.2) is 0 Å². The van der Waals surface area contributed by atoms with Crippen LogP contribution >= 0.6 is 0 Å². The van der Waals surface area contributed by atoms with Crippen LogP contribution in [0.1, 0.15) is 19.3 Å². The van der Waals surface area contributed by atoms with Gasteiger partial charge in [-0.25, -0.2) is 0 Å². The molecule has 8 bridgehead atoms. The van der Waals surface area contributed by atoms with Crippen LogP contribution in [0, 0.1) is 59.2 Å². The van der Waals surface area contributed by atoms with E-state index in [0.717, 1.165) is 53.3 Å². The molecular formula is C14H18O. The lowest BCUT2D eigenvalue weighted by atomic mass is 9.60. The molecule has 7 fully saturated rings. The molecule has 0 aromatic rings. The lowest BCUT2D eigenvalue weighted by molar-refractivity contribution is -0.0504. The summed E-state index contributed by atoms with van der Waals surface area (Å²) in [5.41, 5.74) is 0. The van der Waals surface area contributed by atoms with Gasteiger partial charge in [-0.3, -0.25) is 0 Å². The zero-order valence-corrected chi connectivity index (χ0v) is 8.92. The van der Waals surface area contributed by atoms with Gasteiger partial charge in [-0.15, -0.1) is 0 Å². The smallest absolute Gasteiger partial charge is 0.0602 e. The van der Waals surface area contributed by atoms with Gasteiger partial charge in [0.2, 0.25) is 0 Å². The van der Waals surface area contributed by atoms with Crippen molar-refractivity contribution < 1.29 is 5.11 Å². The van der Waals surface area contributed by atoms with Gasteiger partial charge in [-0.1, -0.05) is 0 Å². The molecule has 0 heterocycles. The van der Waals surface area contributed by atoms with Gasteiger partial charge in [0.15, 0.2) is 0 Å². The summed E-state index contributed by atoms with van der Waals surface area (Å²) < 4.78 is 0. The second-order valence-electron chi connectivity index (χ2n) is 7.50. The highest BCUT2D eigenvalue weighted by Crippen LogP contribution is 2.85. The number of fused-ring (bicyclic) bond motifs is 1. The van der Waals surface area contributed by atoms with E-state index in [1.165, 1.54) is 18.8 Å². The Balaban J connectivity index is 1.60. The summed E-state index contributed by atoms with van der Waals surface area (Å²) in [6, 6.07) is 0. The van der Waals surface area contributed by atoms with E-state index in [0.29, 0.717) is 0 Å². The van der Waals surface area contributed by atoms with Crippen molar-refractivity contribution in [1.82, 2.24) is 0 Å². The average Bonchev–Trinajstić information content (AvgIpc) is 2.74. The minimum atomic E-state index is 0.123. The summed E-state index contributed by atoms with van der Waals surface area (Å²) in [5.74, 6) is 10.2. The molecule has 11 atom stereocenters. The van der Waals surface area contributed by atoms with Gasteiger partial charge in [0.25, 0.3) is 0 Å². The van der Waals surface area contributed by atoms with E-state index in [1.807, 2.05) is 0 Å². The van der Waals surface area contributed by atoms with Gasteiger partial charge >= 0.3 is 0 Å². The summed E-state index contributed by atoms with van der Waals surface area (Å²) in [6.45, 7) is 0. The van der Waals surface area contributed by atoms with Gasteiger partial charge < -0.3 is 5.11 Å². The maximum atomic E-state index is 10.4. The predicted octanol–water partition coefficient (Wildman–Crippen LogP) is 1.76. The first-order chi connectivity index (χ1) is 7.36. The summed E-state index contributed by atoms with van der Waals surface area (Å²) in [5, 5.41) is 10.4. The molecule has 1 N–H and O–H groups in total. The highest BCUT2D eigenvalue weighted by atomic mass is 16.3. The second kappa shape index (κ2) is 1.81. The molecule has 0 aliphatic heterocycles. The van der Waals surface area contributed by atoms with Crippen molar-refractivity contribution >= 4 is 0 Å². The Labute approximate surface area is 90.2 Å². The minimum absolute atomic E-state index is 0.123. The fourth-order valence-electron chi connectivity index (χ4n) is 7.82. The highest BCUT2D eigenvalue weighted by Gasteiger charge is 2.81. The van der Waals surface area contributed by atoms with Crippen molar-refractivity contribution in [3.63, 3.8) is 0 Å². The summed E-state index contributed by atoms with van der Waals surface area (Å²) in [6.07, 6.45) is 4.51. The molecule has 80 valence electrons. The Hall–Kier alpha value is -0.0400. The molecule has 7 rings (SSSR count). The quantitative estimate of drug-likeness (QED) is 0.634. The zero-order valence-electron chi connectivity index (χ0n) is 8.92. The number of rotatable bonds is 0. The molecule has 15 heavy (non-hydrogen) atoms. The molecule has 7 aliphatic carbocycles. The van der Waals surface area contributed by atoms with Gasteiger partial charge in [0.05, 0.1) is 6.10 Å². The summed E-state index contributed by atoms with van der Waals surface area (Å²) in [7, 11) is 0. The minimum Gasteiger partial charge on any atom is -0.393 e. The first kappa shape index (κ1) is 7.32. The number of hydrogen-bond acceptors (Lipinski definition) is 1. The zero-order chi connectivity index (χ0) is 9.47. The fraction of sp³-hybridized carbons (Fsp3) is 1.00. The highest BCUT2D eigenvalue weighted by molar-refractivity contribution is 5.28. The third-order valence-electron chi connectivity index (χ3n) is 7.72. The van der Waals surface area contributed by atoms with Crippen molar-refractivity contribution in [3.8, 4) is 0 Å². The molecule has 11 unspecified atom stereocenters. The second-order valence-corrected chi connectivity index (χ2v) is 7.50. The van der Waals surface area contributed by atoms with E-state index in [4.69, 9.17) is 0 Å². The third kappa shape index (κ3) is 0.520. The Morgan fingerprint density at radius 2 is 1.20 bits per heavy atom. The van der Waals surface area contributed by atoms with Crippen LogP contribution in [0.25, 0.3) is 0 Å². The lowest BCUT2D eigenvalue weighted by Gasteiger charge is -2.46.